The zero-order chi connectivity index (χ0) is 15.5. The van der Waals surface area contributed by atoms with Crippen LogP contribution >= 0.6 is 0 Å². The summed E-state index contributed by atoms with van der Waals surface area (Å²) in [5, 5.41) is 9.98. The van der Waals surface area contributed by atoms with Gasteiger partial charge in [-0.3, -0.25) is 14.9 Å². The predicted molar refractivity (Wildman–Crippen MR) is 76.6 cm³/mol. The maximum Gasteiger partial charge on any atom is 0.322 e. The maximum absolute atomic E-state index is 11.7. The number of nitrogens with zero attached hydrogens (tertiary/aromatic N) is 2. The Morgan fingerprint density at radius 1 is 1.32 bits per heavy atom. The van der Waals surface area contributed by atoms with Gasteiger partial charge in [-0.15, -0.1) is 5.10 Å². The SMILES string of the molecule is C[C@H]1C[C@@H]1C(=O)OCC(=O)Nc1nnc(-c2ccccc2)o1. The molecule has 0 saturated heterocycles. The molecule has 3 rings (SSSR count). The Kier molecular flexibility index (Phi) is 3.86. The van der Waals surface area contributed by atoms with E-state index >= 15 is 0 Å². The number of anilines is 1. The molecule has 1 saturated carbocycles. The number of amides is 1. The van der Waals surface area contributed by atoms with Crippen LogP contribution in [0.15, 0.2) is 34.7 Å². The van der Waals surface area contributed by atoms with Crippen molar-refractivity contribution in [3.05, 3.63) is 30.3 Å². The molecule has 0 spiro atoms. The Morgan fingerprint density at radius 3 is 2.73 bits per heavy atom. The van der Waals surface area contributed by atoms with Crippen molar-refractivity contribution in [3.8, 4) is 11.5 Å². The van der Waals surface area contributed by atoms with E-state index in [0.29, 0.717) is 11.8 Å². The van der Waals surface area contributed by atoms with Gasteiger partial charge in [-0.05, 0) is 24.5 Å². The highest BCUT2D eigenvalue weighted by Crippen LogP contribution is 2.38. The van der Waals surface area contributed by atoms with Gasteiger partial charge in [0.15, 0.2) is 6.61 Å². The molecule has 1 aliphatic rings. The van der Waals surface area contributed by atoms with E-state index in [1.54, 1.807) is 0 Å². The highest BCUT2D eigenvalue weighted by atomic mass is 16.5. The van der Waals surface area contributed by atoms with E-state index in [-0.39, 0.29) is 24.5 Å². The summed E-state index contributed by atoms with van der Waals surface area (Å²) >= 11 is 0. The molecule has 1 fully saturated rings. The summed E-state index contributed by atoms with van der Waals surface area (Å²) in [4.78, 5) is 23.2. The Morgan fingerprint density at radius 2 is 2.05 bits per heavy atom. The molecule has 0 unspecified atom stereocenters. The first kappa shape index (κ1) is 14.2. The fourth-order valence-corrected chi connectivity index (χ4v) is 2.02. The van der Waals surface area contributed by atoms with Crippen molar-refractivity contribution in [2.75, 3.05) is 11.9 Å². The molecule has 2 aromatic rings. The Bertz CT molecular complexity index is 683. The number of aromatic nitrogens is 2. The second-order valence-electron chi connectivity index (χ2n) is 5.25. The molecule has 7 heteroatoms. The highest BCUT2D eigenvalue weighted by molar-refractivity contribution is 5.91. The monoisotopic (exact) mass is 301 g/mol. The lowest BCUT2D eigenvalue weighted by molar-refractivity contribution is -0.148. The van der Waals surface area contributed by atoms with Crippen molar-refractivity contribution in [1.82, 2.24) is 10.2 Å². The van der Waals surface area contributed by atoms with Crippen LogP contribution in [-0.4, -0.2) is 28.7 Å². The van der Waals surface area contributed by atoms with Gasteiger partial charge in [-0.2, -0.15) is 0 Å². The minimum Gasteiger partial charge on any atom is -0.455 e. The molecule has 7 nitrogen and oxygen atoms in total. The van der Waals surface area contributed by atoms with E-state index in [0.717, 1.165) is 12.0 Å². The first-order valence-electron chi connectivity index (χ1n) is 6.99. The van der Waals surface area contributed by atoms with Crippen LogP contribution in [0.4, 0.5) is 6.01 Å². The highest BCUT2D eigenvalue weighted by Gasteiger charge is 2.40. The summed E-state index contributed by atoms with van der Waals surface area (Å²) in [5.41, 5.74) is 0.754. The van der Waals surface area contributed by atoms with Gasteiger partial charge < -0.3 is 9.15 Å². The number of hydrogen-bond donors (Lipinski definition) is 1. The average molecular weight is 301 g/mol. The smallest absolute Gasteiger partial charge is 0.322 e. The van der Waals surface area contributed by atoms with Crippen LogP contribution in [0.25, 0.3) is 11.5 Å². The third-order valence-corrected chi connectivity index (χ3v) is 3.45. The summed E-state index contributed by atoms with van der Waals surface area (Å²) in [6.45, 7) is 1.61. The van der Waals surface area contributed by atoms with Crippen LogP contribution in [0.3, 0.4) is 0 Å². The van der Waals surface area contributed by atoms with Gasteiger partial charge in [0.2, 0.25) is 5.89 Å². The number of esters is 1. The molecule has 1 aromatic heterocycles. The molecule has 1 amide bonds. The maximum atomic E-state index is 11.7. The van der Waals surface area contributed by atoms with Crippen molar-refractivity contribution in [2.24, 2.45) is 11.8 Å². The lowest BCUT2D eigenvalue weighted by atomic mass is 10.2. The molecule has 0 bridgehead atoms. The van der Waals surface area contributed by atoms with Crippen LogP contribution in [0.5, 0.6) is 0 Å². The van der Waals surface area contributed by atoms with Gasteiger partial charge in [0.25, 0.3) is 5.91 Å². The topological polar surface area (TPSA) is 94.3 Å². The van der Waals surface area contributed by atoms with Crippen LogP contribution < -0.4 is 5.32 Å². The minimum atomic E-state index is -0.509. The van der Waals surface area contributed by atoms with Crippen LogP contribution in [-0.2, 0) is 14.3 Å². The van der Waals surface area contributed by atoms with Crippen LogP contribution in [0.2, 0.25) is 0 Å². The first-order chi connectivity index (χ1) is 10.6. The molecule has 1 aliphatic carbocycles. The average Bonchev–Trinajstić information content (AvgIpc) is 3.08. The molecule has 0 aliphatic heterocycles. The molecule has 1 heterocycles. The summed E-state index contributed by atoms with van der Waals surface area (Å²) in [6.07, 6.45) is 0.824. The summed E-state index contributed by atoms with van der Waals surface area (Å²) in [5.74, 6) is -0.261. The predicted octanol–water partition coefficient (Wildman–Crippen LogP) is 1.87. The third-order valence-electron chi connectivity index (χ3n) is 3.45. The van der Waals surface area contributed by atoms with Gasteiger partial charge >= 0.3 is 12.0 Å². The fourth-order valence-electron chi connectivity index (χ4n) is 2.02. The zero-order valence-corrected chi connectivity index (χ0v) is 12.0. The normalized spacial score (nSPS) is 19.5. The van der Waals surface area contributed by atoms with Crippen molar-refractivity contribution < 1.29 is 18.7 Å². The number of ether oxygens (including phenoxy) is 1. The fraction of sp³-hybridized carbons (Fsp3) is 0.333. The number of nitrogens with one attached hydrogen (secondary N) is 1. The first-order valence-corrected chi connectivity index (χ1v) is 6.99. The molecule has 1 aromatic carbocycles. The van der Waals surface area contributed by atoms with Gasteiger partial charge in [0.05, 0.1) is 5.92 Å². The van der Waals surface area contributed by atoms with Gasteiger partial charge in [-0.25, -0.2) is 0 Å². The lowest BCUT2D eigenvalue weighted by Crippen LogP contribution is -2.21. The molecule has 114 valence electrons. The Labute approximate surface area is 126 Å². The van der Waals surface area contributed by atoms with Crippen molar-refractivity contribution in [1.29, 1.82) is 0 Å². The molecular weight excluding hydrogens is 286 g/mol. The third kappa shape index (κ3) is 3.30. The van der Waals surface area contributed by atoms with E-state index < -0.39 is 5.91 Å². The van der Waals surface area contributed by atoms with Crippen LogP contribution in [0.1, 0.15) is 13.3 Å². The van der Waals surface area contributed by atoms with E-state index in [1.807, 2.05) is 37.3 Å². The number of carbonyl (C=O) groups excluding carboxylic acids is 2. The largest absolute Gasteiger partial charge is 0.455 e. The summed E-state index contributed by atoms with van der Waals surface area (Å²) in [6, 6.07) is 9.17. The number of benzene rings is 1. The molecular formula is C15H15N3O4. The Balaban J connectivity index is 1.52. The second-order valence-corrected chi connectivity index (χ2v) is 5.25. The quantitative estimate of drug-likeness (QED) is 0.847. The summed E-state index contributed by atoms with van der Waals surface area (Å²) in [7, 11) is 0. The standard InChI is InChI=1S/C15H15N3O4/c1-9-7-11(9)14(20)21-8-12(19)16-15-18-17-13(22-15)10-5-3-2-4-6-10/h2-6,9,11H,7-8H2,1H3,(H,16,18,19)/t9-,11-/m0/s1. The van der Waals surface area contributed by atoms with Gasteiger partial charge in [-0.1, -0.05) is 30.2 Å². The van der Waals surface area contributed by atoms with Gasteiger partial charge in [0, 0.05) is 5.56 Å². The molecule has 2 atom stereocenters. The van der Waals surface area contributed by atoms with E-state index in [2.05, 4.69) is 15.5 Å². The minimum absolute atomic E-state index is 0.0281. The molecule has 1 N–H and O–H groups in total. The number of rotatable bonds is 5. The zero-order valence-electron chi connectivity index (χ0n) is 12.0. The van der Waals surface area contributed by atoms with E-state index in [4.69, 9.17) is 9.15 Å². The van der Waals surface area contributed by atoms with Crippen molar-refractivity contribution >= 4 is 17.9 Å². The second kappa shape index (κ2) is 5.97. The Hall–Kier alpha value is -2.70. The van der Waals surface area contributed by atoms with Crippen LogP contribution in [0, 0.1) is 11.8 Å². The van der Waals surface area contributed by atoms with Gasteiger partial charge in [0.1, 0.15) is 0 Å². The van der Waals surface area contributed by atoms with Crippen molar-refractivity contribution in [3.63, 3.8) is 0 Å². The lowest BCUT2D eigenvalue weighted by Gasteiger charge is -2.02. The number of carbonyl (C=O) groups is 2. The summed E-state index contributed by atoms with van der Waals surface area (Å²) < 4.78 is 10.3. The van der Waals surface area contributed by atoms with Crippen molar-refractivity contribution in [2.45, 2.75) is 13.3 Å². The molecule has 0 radical (unpaired) electrons. The molecule has 22 heavy (non-hydrogen) atoms. The number of hydrogen-bond acceptors (Lipinski definition) is 6. The van der Waals surface area contributed by atoms with E-state index in [1.165, 1.54) is 0 Å². The van der Waals surface area contributed by atoms with E-state index in [9.17, 15) is 9.59 Å².